The summed E-state index contributed by atoms with van der Waals surface area (Å²) >= 11 is 0. The molecule has 25 heteroatoms. The molecule has 0 saturated carbocycles. The number of nitro benzene ring substituents is 2. The molecule has 10 atom stereocenters. The van der Waals surface area contributed by atoms with Gasteiger partial charge in [-0.1, -0.05) is 0 Å². The number of carbonyl (C=O) groups excluding carboxylic acids is 2. The van der Waals surface area contributed by atoms with E-state index in [1.54, 1.807) is 0 Å². The van der Waals surface area contributed by atoms with Crippen molar-refractivity contribution in [2.45, 2.75) is 74.3 Å². The molecule has 2 aromatic carbocycles. The molecule has 2 aliphatic heterocycles. The lowest BCUT2D eigenvalue weighted by atomic mass is 9.99. The summed E-state index contributed by atoms with van der Waals surface area (Å²) in [6, 6.07) is 6.31. The number of hydrogen-bond donors (Lipinski definition) is 10. The molecule has 2 amide bonds. The van der Waals surface area contributed by atoms with E-state index in [0.29, 0.717) is 12.8 Å². The third-order valence-corrected chi connectivity index (χ3v) is 9.18. The van der Waals surface area contributed by atoms with Crippen molar-refractivity contribution in [3.63, 3.8) is 0 Å². The highest BCUT2D eigenvalue weighted by atomic mass is 16.7. The third-order valence-electron chi connectivity index (χ3n) is 9.18. The van der Waals surface area contributed by atoms with Crippen LogP contribution in [0, 0.1) is 20.2 Å². The zero-order valence-electron chi connectivity index (χ0n) is 32.5. The summed E-state index contributed by atoms with van der Waals surface area (Å²) in [5.41, 5.74) is -1.30. The van der Waals surface area contributed by atoms with Crippen LogP contribution >= 0.6 is 0 Å². The van der Waals surface area contributed by atoms with Gasteiger partial charge in [0.25, 0.3) is 23.2 Å². The number of ether oxygens (including phenoxy) is 7. The number of nitrogens with zero attached hydrogens (tertiary/aromatic N) is 2. The first-order valence-electron chi connectivity index (χ1n) is 19.0. The molecule has 0 aromatic heterocycles. The zero-order chi connectivity index (χ0) is 44.6. The maximum atomic E-state index is 12.7. The van der Waals surface area contributed by atoms with Crippen LogP contribution in [-0.4, -0.2) is 190 Å². The van der Waals surface area contributed by atoms with Gasteiger partial charge in [-0.3, -0.25) is 29.8 Å². The van der Waals surface area contributed by atoms with Crippen LogP contribution in [-0.2, 0) is 23.7 Å². The molecule has 2 fully saturated rings. The summed E-state index contributed by atoms with van der Waals surface area (Å²) in [6.07, 6.45) is -15.3. The Morgan fingerprint density at radius 2 is 0.918 bits per heavy atom. The van der Waals surface area contributed by atoms with Gasteiger partial charge in [-0.15, -0.1) is 0 Å². The van der Waals surface area contributed by atoms with Gasteiger partial charge in [-0.2, -0.15) is 0 Å². The number of rotatable bonds is 24. The summed E-state index contributed by atoms with van der Waals surface area (Å²) in [4.78, 5) is 46.9. The van der Waals surface area contributed by atoms with Crippen molar-refractivity contribution >= 4 is 23.2 Å². The Labute approximate surface area is 346 Å². The van der Waals surface area contributed by atoms with E-state index in [1.165, 1.54) is 0 Å². The second-order valence-electron chi connectivity index (χ2n) is 13.6. The van der Waals surface area contributed by atoms with Crippen molar-refractivity contribution in [1.29, 1.82) is 0 Å². The van der Waals surface area contributed by atoms with Gasteiger partial charge in [0.15, 0.2) is 0 Å². The molecule has 61 heavy (non-hydrogen) atoms. The lowest BCUT2D eigenvalue weighted by Crippen LogP contribution is -2.60. The molecule has 2 aliphatic rings. The Hall–Kier alpha value is -4.74. The molecular weight excluding hydrogens is 824 g/mol. The number of benzene rings is 2. The maximum Gasteiger partial charge on any atom is 0.273 e. The molecule has 0 aliphatic carbocycles. The van der Waals surface area contributed by atoms with Crippen LogP contribution in [0.4, 0.5) is 11.4 Å². The molecule has 2 aromatic rings. The molecule has 0 radical (unpaired) electrons. The molecule has 340 valence electrons. The van der Waals surface area contributed by atoms with Crippen molar-refractivity contribution in [2.75, 3.05) is 65.9 Å². The topological polar surface area (TPSA) is 371 Å². The number of non-ortho nitro benzene ring substituents is 2. The Balaban J connectivity index is 1.06. The van der Waals surface area contributed by atoms with Gasteiger partial charge >= 0.3 is 0 Å². The Bertz CT molecular complexity index is 1630. The molecular formula is C36H50N4O21. The van der Waals surface area contributed by atoms with E-state index in [1.807, 2.05) is 0 Å². The van der Waals surface area contributed by atoms with Gasteiger partial charge in [0.1, 0.15) is 60.3 Å². The van der Waals surface area contributed by atoms with E-state index in [2.05, 4.69) is 10.6 Å². The smallest absolute Gasteiger partial charge is 0.273 e. The molecule has 2 saturated heterocycles. The summed E-state index contributed by atoms with van der Waals surface area (Å²) < 4.78 is 37.8. The van der Waals surface area contributed by atoms with E-state index >= 15 is 0 Å². The van der Waals surface area contributed by atoms with Crippen LogP contribution in [0.5, 0.6) is 11.5 Å². The van der Waals surface area contributed by atoms with Gasteiger partial charge in [0.2, 0.25) is 12.6 Å². The Kier molecular flexibility index (Phi) is 19.3. The fraction of sp³-hybridized carbons (Fsp3) is 0.611. The summed E-state index contributed by atoms with van der Waals surface area (Å²) in [5, 5.41) is 107. The van der Waals surface area contributed by atoms with Gasteiger partial charge in [0, 0.05) is 49.6 Å². The number of aliphatic hydroxyl groups is 8. The van der Waals surface area contributed by atoms with Crippen molar-refractivity contribution in [2.24, 2.45) is 0 Å². The molecule has 0 spiro atoms. The van der Waals surface area contributed by atoms with E-state index in [4.69, 9.17) is 33.2 Å². The average molecular weight is 875 g/mol. The maximum absolute atomic E-state index is 12.7. The lowest BCUT2D eigenvalue weighted by Gasteiger charge is -2.39. The Morgan fingerprint density at radius 1 is 0.557 bits per heavy atom. The number of nitrogens with one attached hydrogen (secondary N) is 2. The second kappa shape index (κ2) is 24.0. The SMILES string of the molecule is O=C(NCCCOCCOCCOCCCNC(=O)c1cc(O[C@H]2O[C@H](CO)[C@H](O)[C@H](O)[C@H]2O)cc([N+](=O)[O-])c1)c1cc(O[C@H]2O[C@H](CO)[C@H](O)[C@H](O)[C@H]2O)cc([N+](=O)[O-])c1. The summed E-state index contributed by atoms with van der Waals surface area (Å²) in [7, 11) is 0. The summed E-state index contributed by atoms with van der Waals surface area (Å²) in [6.45, 7) is 0.295. The largest absolute Gasteiger partial charge is 0.462 e. The molecule has 25 nitrogen and oxygen atoms in total. The molecule has 2 heterocycles. The van der Waals surface area contributed by atoms with Crippen LogP contribution in [0.25, 0.3) is 0 Å². The van der Waals surface area contributed by atoms with E-state index in [0.717, 1.165) is 36.4 Å². The van der Waals surface area contributed by atoms with Gasteiger partial charge in [0.05, 0.1) is 61.6 Å². The molecule has 10 N–H and O–H groups in total. The number of aliphatic hydroxyl groups excluding tert-OH is 8. The number of carbonyl (C=O) groups is 2. The van der Waals surface area contributed by atoms with Crippen molar-refractivity contribution in [1.82, 2.24) is 10.6 Å². The van der Waals surface area contributed by atoms with Gasteiger partial charge in [-0.05, 0) is 25.0 Å². The minimum absolute atomic E-state index is 0.144. The Morgan fingerprint density at radius 3 is 1.26 bits per heavy atom. The van der Waals surface area contributed by atoms with Crippen molar-refractivity contribution < 1.29 is 93.4 Å². The van der Waals surface area contributed by atoms with Gasteiger partial charge in [-0.25, -0.2) is 0 Å². The zero-order valence-corrected chi connectivity index (χ0v) is 32.5. The predicted molar refractivity (Wildman–Crippen MR) is 201 cm³/mol. The number of hydrogen-bond acceptors (Lipinski definition) is 21. The summed E-state index contributed by atoms with van der Waals surface area (Å²) in [5.74, 6) is -1.84. The normalized spacial score (nSPS) is 26.3. The van der Waals surface area contributed by atoms with Crippen molar-refractivity contribution in [3.05, 3.63) is 67.8 Å². The van der Waals surface area contributed by atoms with E-state index < -0.39 is 108 Å². The molecule has 0 unspecified atom stereocenters. The first kappa shape index (κ1) is 48.9. The van der Waals surface area contributed by atoms with E-state index in [-0.39, 0.29) is 75.4 Å². The fourth-order valence-electron chi connectivity index (χ4n) is 5.87. The van der Waals surface area contributed by atoms with Crippen LogP contribution in [0.15, 0.2) is 36.4 Å². The number of nitro groups is 2. The van der Waals surface area contributed by atoms with Crippen LogP contribution < -0.4 is 20.1 Å². The average Bonchev–Trinajstić information content (AvgIpc) is 3.24. The molecule has 0 bridgehead atoms. The molecule has 4 rings (SSSR count). The second-order valence-corrected chi connectivity index (χ2v) is 13.6. The van der Waals surface area contributed by atoms with Crippen LogP contribution in [0.1, 0.15) is 33.6 Å². The van der Waals surface area contributed by atoms with Gasteiger partial charge < -0.3 is 84.6 Å². The minimum atomic E-state index is -1.77. The standard InChI is InChI=1S/C36H50N4O21/c41-17-25-27(43)29(45)31(47)35(60-25)58-23-13-19(11-21(15-23)39(51)52)33(49)37-3-1-5-55-7-9-57-10-8-56-6-2-4-38-34(50)20-12-22(40(53)54)16-24(14-20)59-36-32(48)30(46)28(44)26(18-42)61-36/h11-16,25-32,35-36,41-48H,1-10,17-18H2,(H,37,49)(H,38,50)/t25-,26-,27+,28+,29+,30+,31-,32-,35+,36+/m1/s1. The van der Waals surface area contributed by atoms with Crippen LogP contribution in [0.2, 0.25) is 0 Å². The van der Waals surface area contributed by atoms with Crippen LogP contribution in [0.3, 0.4) is 0 Å². The quantitative estimate of drug-likeness (QED) is 0.0283. The fourth-order valence-corrected chi connectivity index (χ4v) is 5.87. The van der Waals surface area contributed by atoms with Crippen molar-refractivity contribution in [3.8, 4) is 11.5 Å². The predicted octanol–water partition coefficient (Wildman–Crippen LogP) is -3.15. The minimum Gasteiger partial charge on any atom is -0.462 e. The first-order chi connectivity index (χ1) is 29.1. The highest BCUT2D eigenvalue weighted by Crippen LogP contribution is 2.30. The lowest BCUT2D eigenvalue weighted by molar-refractivity contribution is -0.385. The van der Waals surface area contributed by atoms with E-state index in [9.17, 15) is 70.7 Å². The number of amides is 2. The highest BCUT2D eigenvalue weighted by molar-refractivity contribution is 5.95. The third kappa shape index (κ3) is 14.1. The monoisotopic (exact) mass is 874 g/mol. The highest BCUT2D eigenvalue weighted by Gasteiger charge is 2.46. The first-order valence-corrected chi connectivity index (χ1v) is 19.0.